The third-order valence-corrected chi connectivity index (χ3v) is 0. The lowest BCUT2D eigenvalue weighted by Crippen LogP contribution is -2.20. The van der Waals surface area contributed by atoms with Crippen molar-refractivity contribution < 1.29 is 15.3 Å². The molecule has 0 bridgehead atoms. The Morgan fingerprint density at radius 3 is 0.619 bits per heavy atom. The van der Waals surface area contributed by atoms with E-state index in [9.17, 15) is 0 Å². The van der Waals surface area contributed by atoms with Gasteiger partial charge in [-0.3, -0.25) is 10.8 Å². The molecule has 0 atom stereocenters. The van der Waals surface area contributed by atoms with Gasteiger partial charge >= 0.3 is 0 Å². The lowest BCUT2D eigenvalue weighted by molar-refractivity contribution is 0.215. The highest BCUT2D eigenvalue weighted by Crippen LogP contribution is 1.65. The predicted octanol–water partition coefficient (Wildman–Crippen LogP) is -0.740. The van der Waals surface area contributed by atoms with Crippen molar-refractivity contribution in [2.45, 2.75) is 59.9 Å². The van der Waals surface area contributed by atoms with Crippen molar-refractivity contribution in [3.8, 4) is 0 Å². The van der Waals surface area contributed by atoms with Gasteiger partial charge in [0.2, 0.25) is 0 Å². The largest absolute Gasteiger partial charge is 0.394 e. The SMILES string of the molecule is CC(C)O.CC(C)O.CC(C)O.Cl.N=C(N)N.N=C(N)N. The highest BCUT2D eigenvalue weighted by molar-refractivity contribution is 5.85. The molecule has 9 nitrogen and oxygen atoms in total. The molecule has 0 spiro atoms. The Morgan fingerprint density at radius 1 is 0.619 bits per heavy atom. The second-order valence-corrected chi connectivity index (χ2v) is 4.19. The van der Waals surface area contributed by atoms with Crippen LogP contribution in [0.15, 0.2) is 0 Å². The van der Waals surface area contributed by atoms with E-state index in [1.54, 1.807) is 41.5 Å². The van der Waals surface area contributed by atoms with Gasteiger partial charge < -0.3 is 38.3 Å². The summed E-state index contributed by atoms with van der Waals surface area (Å²) >= 11 is 0. The van der Waals surface area contributed by atoms with Gasteiger partial charge in [0.05, 0.1) is 0 Å². The third kappa shape index (κ3) is 3140. The van der Waals surface area contributed by atoms with Crippen molar-refractivity contribution in [3.05, 3.63) is 0 Å². The van der Waals surface area contributed by atoms with Crippen molar-refractivity contribution >= 4 is 24.3 Å². The number of hydrogen-bond acceptors (Lipinski definition) is 5. The molecule has 0 aromatic rings. The van der Waals surface area contributed by atoms with Gasteiger partial charge in [0.15, 0.2) is 11.9 Å². The van der Waals surface area contributed by atoms with Gasteiger partial charge in [-0.2, -0.15) is 0 Å². The molecule has 0 amide bonds. The first-order chi connectivity index (χ1) is 8.66. The zero-order chi connectivity index (χ0) is 17.9. The Morgan fingerprint density at radius 2 is 0.619 bits per heavy atom. The first-order valence-electron chi connectivity index (χ1n) is 5.89. The van der Waals surface area contributed by atoms with E-state index in [1.807, 2.05) is 0 Å². The summed E-state index contributed by atoms with van der Waals surface area (Å²) in [6, 6.07) is 0. The smallest absolute Gasteiger partial charge is 0.183 e. The van der Waals surface area contributed by atoms with Crippen LogP contribution in [0.1, 0.15) is 41.5 Å². The van der Waals surface area contributed by atoms with Crippen LogP contribution in [0.4, 0.5) is 0 Å². The van der Waals surface area contributed by atoms with Gasteiger partial charge in [-0.15, -0.1) is 12.4 Å². The highest BCUT2D eigenvalue weighted by atomic mass is 35.5. The van der Waals surface area contributed by atoms with Crippen LogP contribution >= 0.6 is 12.4 Å². The van der Waals surface area contributed by atoms with E-state index in [0.29, 0.717) is 0 Å². The number of hydrogen-bond donors (Lipinski definition) is 9. The van der Waals surface area contributed by atoms with Crippen LogP contribution in [0.5, 0.6) is 0 Å². The van der Waals surface area contributed by atoms with Crippen LogP contribution in [0.3, 0.4) is 0 Å². The molecule has 0 aliphatic rings. The summed E-state index contributed by atoms with van der Waals surface area (Å²) in [4.78, 5) is 0. The molecule has 0 aromatic carbocycles. The molecular formula is C11H35ClN6O3. The fourth-order valence-corrected chi connectivity index (χ4v) is 0. The molecule has 134 valence electrons. The van der Waals surface area contributed by atoms with E-state index >= 15 is 0 Å². The minimum absolute atomic E-state index is 0. The molecule has 0 saturated heterocycles. The summed E-state index contributed by atoms with van der Waals surface area (Å²) in [5.74, 6) is -0.667. The number of aliphatic hydroxyl groups is 3. The maximum absolute atomic E-state index is 8.06. The van der Waals surface area contributed by atoms with Crippen LogP contribution < -0.4 is 22.9 Å². The summed E-state index contributed by atoms with van der Waals surface area (Å²) in [5, 5.41) is 36.3. The third-order valence-electron chi connectivity index (χ3n) is 0. The molecule has 0 heterocycles. The van der Waals surface area contributed by atoms with Crippen LogP contribution in [0, 0.1) is 10.8 Å². The number of guanidine groups is 2. The van der Waals surface area contributed by atoms with Gasteiger partial charge in [-0.05, 0) is 41.5 Å². The average molecular weight is 335 g/mol. The summed E-state index contributed by atoms with van der Waals surface area (Å²) in [7, 11) is 0. The highest BCUT2D eigenvalue weighted by Gasteiger charge is 1.70. The molecule has 0 aromatic heterocycles. The van der Waals surface area contributed by atoms with Crippen molar-refractivity contribution in [1.82, 2.24) is 0 Å². The number of nitrogens with one attached hydrogen (secondary N) is 2. The normalized spacial score (nSPS) is 7.43. The number of aliphatic hydroxyl groups excluding tert-OH is 3. The van der Waals surface area contributed by atoms with Gasteiger partial charge in [0.1, 0.15) is 0 Å². The molecule has 13 N–H and O–H groups in total. The lowest BCUT2D eigenvalue weighted by Gasteiger charge is -1.80. The maximum atomic E-state index is 8.06. The van der Waals surface area contributed by atoms with Gasteiger partial charge in [0.25, 0.3) is 0 Å². The standard InChI is InChI=1S/3C3H8O.2CH5N3.ClH/c3*1-3(2)4;2*2-1(3)4;/h3*3-4H,1-2H3;2*(H5,2,3,4);1H. The van der Waals surface area contributed by atoms with Gasteiger partial charge in [0, 0.05) is 18.3 Å². The zero-order valence-corrected chi connectivity index (χ0v) is 14.6. The van der Waals surface area contributed by atoms with Crippen LogP contribution in [0.2, 0.25) is 0 Å². The molecule has 21 heavy (non-hydrogen) atoms. The molecular weight excluding hydrogens is 300 g/mol. The number of rotatable bonds is 0. The fourth-order valence-electron chi connectivity index (χ4n) is 0. The number of nitrogens with two attached hydrogens (primary N) is 4. The Labute approximate surface area is 134 Å². The molecule has 0 aliphatic carbocycles. The number of halogens is 1. The maximum Gasteiger partial charge on any atom is 0.183 e. The Bertz CT molecular complexity index is 162. The Kier molecular flexibility index (Phi) is 54.6. The summed E-state index contributed by atoms with van der Waals surface area (Å²) in [5.41, 5.74) is 17.9. The molecule has 0 fully saturated rings. The van der Waals surface area contributed by atoms with E-state index in [1.165, 1.54) is 0 Å². The quantitative estimate of drug-likeness (QED) is 0.204. The van der Waals surface area contributed by atoms with Crippen molar-refractivity contribution in [3.63, 3.8) is 0 Å². The molecule has 0 unspecified atom stereocenters. The monoisotopic (exact) mass is 334 g/mol. The molecule has 0 aliphatic heterocycles. The van der Waals surface area contributed by atoms with Crippen LogP contribution in [-0.2, 0) is 0 Å². The minimum Gasteiger partial charge on any atom is -0.394 e. The summed E-state index contributed by atoms with van der Waals surface area (Å²) in [6.45, 7) is 10.3. The van der Waals surface area contributed by atoms with Crippen LogP contribution in [0.25, 0.3) is 0 Å². The molecule has 0 radical (unpaired) electrons. The van der Waals surface area contributed by atoms with E-state index in [-0.39, 0.29) is 42.6 Å². The van der Waals surface area contributed by atoms with E-state index in [2.05, 4.69) is 22.9 Å². The minimum atomic E-state index is -0.333. The first-order valence-corrected chi connectivity index (χ1v) is 5.89. The van der Waals surface area contributed by atoms with Crippen molar-refractivity contribution in [2.75, 3.05) is 0 Å². The Hall–Kier alpha value is -1.29. The first kappa shape index (κ1) is 36.7. The van der Waals surface area contributed by atoms with Crippen molar-refractivity contribution in [2.24, 2.45) is 22.9 Å². The average Bonchev–Trinajstić information content (AvgIpc) is 1.94. The second-order valence-electron chi connectivity index (χ2n) is 4.19. The fraction of sp³-hybridized carbons (Fsp3) is 0.818. The summed E-state index contributed by atoms with van der Waals surface area (Å²) in [6.07, 6.45) is -0.500. The Balaban J connectivity index is -0.0000000331. The predicted molar refractivity (Wildman–Crippen MR) is 91.5 cm³/mol. The van der Waals surface area contributed by atoms with E-state index in [4.69, 9.17) is 26.1 Å². The van der Waals surface area contributed by atoms with Gasteiger partial charge in [-0.25, -0.2) is 0 Å². The van der Waals surface area contributed by atoms with Gasteiger partial charge in [-0.1, -0.05) is 0 Å². The summed E-state index contributed by atoms with van der Waals surface area (Å²) < 4.78 is 0. The molecule has 0 rings (SSSR count). The van der Waals surface area contributed by atoms with E-state index in [0.717, 1.165) is 0 Å². The lowest BCUT2D eigenvalue weighted by atomic mass is 10.5. The van der Waals surface area contributed by atoms with Crippen LogP contribution in [-0.4, -0.2) is 45.6 Å². The van der Waals surface area contributed by atoms with Crippen molar-refractivity contribution in [1.29, 1.82) is 10.8 Å². The molecule has 0 saturated carbocycles. The zero-order valence-electron chi connectivity index (χ0n) is 13.8. The molecule has 10 heteroatoms. The van der Waals surface area contributed by atoms with E-state index < -0.39 is 0 Å². The topological polar surface area (TPSA) is 212 Å². The second kappa shape index (κ2) is 31.2.